The molecule has 0 N–H and O–H groups in total. The van der Waals surface area contributed by atoms with Crippen LogP contribution in [0.2, 0.25) is 10.0 Å². The van der Waals surface area contributed by atoms with Crippen LogP contribution in [-0.4, -0.2) is 13.1 Å². The minimum atomic E-state index is -0.293. The Bertz CT molecular complexity index is 621. The van der Waals surface area contributed by atoms with Crippen molar-refractivity contribution in [1.82, 2.24) is 0 Å². The third-order valence-electron chi connectivity index (χ3n) is 2.97. The topological polar surface area (TPSA) is 35.5 Å². The van der Waals surface area contributed by atoms with E-state index in [-0.39, 0.29) is 19.0 Å². The quantitative estimate of drug-likeness (QED) is 0.770. The summed E-state index contributed by atoms with van der Waals surface area (Å²) in [5.41, 5.74) is 1.74. The maximum absolute atomic E-state index is 11.4. The second kappa shape index (κ2) is 7.34. The van der Waals surface area contributed by atoms with Gasteiger partial charge in [0.05, 0.1) is 23.6 Å². The normalized spacial score (nSPS) is 10.2. The van der Waals surface area contributed by atoms with Gasteiger partial charge in [-0.2, -0.15) is 0 Å². The molecule has 110 valence electrons. The molecule has 3 nitrogen and oxygen atoms in total. The van der Waals surface area contributed by atoms with Crippen molar-refractivity contribution >= 4 is 29.2 Å². The average molecular weight is 325 g/mol. The van der Waals surface area contributed by atoms with Gasteiger partial charge in [0.25, 0.3) is 0 Å². The number of para-hydroxylation sites is 1. The lowest BCUT2D eigenvalue weighted by Crippen LogP contribution is -2.08. The van der Waals surface area contributed by atoms with Crippen LogP contribution in [0.25, 0.3) is 0 Å². The van der Waals surface area contributed by atoms with E-state index in [9.17, 15) is 4.79 Å². The molecule has 21 heavy (non-hydrogen) atoms. The van der Waals surface area contributed by atoms with Gasteiger partial charge in [-0.3, -0.25) is 4.79 Å². The average Bonchev–Trinajstić information content (AvgIpc) is 2.48. The molecule has 0 aliphatic carbocycles. The lowest BCUT2D eigenvalue weighted by molar-refractivity contribution is -0.139. The zero-order chi connectivity index (χ0) is 15.2. The summed E-state index contributed by atoms with van der Waals surface area (Å²) in [4.78, 5) is 11.4. The Kier molecular flexibility index (Phi) is 5.48. The van der Waals surface area contributed by atoms with Gasteiger partial charge in [-0.15, -0.1) is 0 Å². The molecule has 5 heteroatoms. The number of halogens is 2. The number of methoxy groups -OCH3 is 1. The third kappa shape index (κ3) is 4.13. The first-order valence-electron chi connectivity index (χ1n) is 6.32. The van der Waals surface area contributed by atoms with E-state index in [1.807, 2.05) is 24.3 Å². The predicted octanol–water partition coefficient (Wildman–Crippen LogP) is 4.29. The van der Waals surface area contributed by atoms with E-state index in [1.165, 1.54) is 7.11 Å². The van der Waals surface area contributed by atoms with Crippen molar-refractivity contribution in [2.45, 2.75) is 13.0 Å². The molecule has 0 aliphatic heterocycles. The minimum Gasteiger partial charge on any atom is -0.486 e. The largest absolute Gasteiger partial charge is 0.486 e. The molecule has 2 aromatic rings. The summed E-state index contributed by atoms with van der Waals surface area (Å²) < 4.78 is 10.4. The molecule has 2 aromatic carbocycles. The SMILES string of the molecule is COC(=O)Cc1ccccc1COc1c(Cl)cccc1Cl. The highest BCUT2D eigenvalue weighted by Gasteiger charge is 2.11. The number of benzene rings is 2. The van der Waals surface area contributed by atoms with Crippen molar-refractivity contribution in [2.75, 3.05) is 7.11 Å². The molecule has 2 rings (SSSR count). The monoisotopic (exact) mass is 324 g/mol. The first kappa shape index (κ1) is 15.7. The molecule has 0 unspecified atom stereocenters. The summed E-state index contributed by atoms with van der Waals surface area (Å²) >= 11 is 12.1. The number of carbonyl (C=O) groups is 1. The number of hydrogen-bond donors (Lipinski definition) is 0. The van der Waals surface area contributed by atoms with Crippen LogP contribution in [0.3, 0.4) is 0 Å². The minimum absolute atomic E-state index is 0.201. The van der Waals surface area contributed by atoms with E-state index in [2.05, 4.69) is 4.74 Å². The van der Waals surface area contributed by atoms with Crippen LogP contribution in [0.1, 0.15) is 11.1 Å². The van der Waals surface area contributed by atoms with Gasteiger partial charge in [-0.25, -0.2) is 0 Å². The Labute approximate surface area is 133 Å². The van der Waals surface area contributed by atoms with Gasteiger partial charge in [-0.05, 0) is 23.3 Å². The van der Waals surface area contributed by atoms with Gasteiger partial charge in [0.2, 0.25) is 0 Å². The van der Waals surface area contributed by atoms with Gasteiger partial charge < -0.3 is 9.47 Å². The fourth-order valence-electron chi connectivity index (χ4n) is 1.87. The molecule has 0 amide bonds. The van der Waals surface area contributed by atoms with Crippen molar-refractivity contribution < 1.29 is 14.3 Å². The second-order valence-electron chi connectivity index (χ2n) is 4.36. The number of hydrogen-bond acceptors (Lipinski definition) is 3. The lowest BCUT2D eigenvalue weighted by atomic mass is 10.1. The molecule has 0 aliphatic rings. The first-order valence-corrected chi connectivity index (χ1v) is 7.08. The Balaban J connectivity index is 2.15. The highest BCUT2D eigenvalue weighted by atomic mass is 35.5. The zero-order valence-corrected chi connectivity index (χ0v) is 12.9. The van der Waals surface area contributed by atoms with Crippen LogP contribution in [0.5, 0.6) is 5.75 Å². The molecular weight excluding hydrogens is 311 g/mol. The smallest absolute Gasteiger partial charge is 0.309 e. The fourth-order valence-corrected chi connectivity index (χ4v) is 2.38. The van der Waals surface area contributed by atoms with Crippen molar-refractivity contribution in [2.24, 2.45) is 0 Å². The summed E-state index contributed by atoms with van der Waals surface area (Å²) in [6.45, 7) is 0.274. The van der Waals surface area contributed by atoms with E-state index in [1.54, 1.807) is 18.2 Å². The number of rotatable bonds is 5. The molecule has 0 saturated heterocycles. The maximum atomic E-state index is 11.4. The molecule has 0 bridgehead atoms. The molecule has 0 heterocycles. The van der Waals surface area contributed by atoms with Gasteiger partial charge in [-0.1, -0.05) is 53.5 Å². The summed E-state index contributed by atoms with van der Waals surface area (Å²) in [6, 6.07) is 12.7. The number of carbonyl (C=O) groups excluding carboxylic acids is 1. The fraction of sp³-hybridized carbons (Fsp3) is 0.188. The molecule has 0 aromatic heterocycles. The molecule has 0 saturated carbocycles. The summed E-state index contributed by atoms with van der Waals surface area (Å²) in [5.74, 6) is 0.145. The zero-order valence-electron chi connectivity index (χ0n) is 11.4. The first-order chi connectivity index (χ1) is 10.1. The highest BCUT2D eigenvalue weighted by molar-refractivity contribution is 6.37. The summed E-state index contributed by atoms with van der Waals surface area (Å²) in [6.07, 6.45) is 0.201. The Morgan fingerprint density at radius 3 is 2.24 bits per heavy atom. The second-order valence-corrected chi connectivity index (χ2v) is 5.18. The lowest BCUT2D eigenvalue weighted by Gasteiger charge is -2.12. The molecular formula is C16H14Cl2O3. The van der Waals surface area contributed by atoms with Crippen LogP contribution in [0.4, 0.5) is 0 Å². The van der Waals surface area contributed by atoms with Crippen molar-refractivity contribution in [3.8, 4) is 5.75 Å². The highest BCUT2D eigenvalue weighted by Crippen LogP contribution is 2.33. The van der Waals surface area contributed by atoms with E-state index >= 15 is 0 Å². The molecule has 0 spiro atoms. The van der Waals surface area contributed by atoms with Gasteiger partial charge in [0.1, 0.15) is 6.61 Å². The van der Waals surface area contributed by atoms with E-state index in [4.69, 9.17) is 27.9 Å². The number of esters is 1. The summed E-state index contributed by atoms with van der Waals surface area (Å²) in [7, 11) is 1.37. The molecule has 0 atom stereocenters. The Morgan fingerprint density at radius 1 is 1.00 bits per heavy atom. The van der Waals surface area contributed by atoms with Crippen molar-refractivity contribution in [1.29, 1.82) is 0 Å². The number of ether oxygens (including phenoxy) is 2. The predicted molar refractivity (Wildman–Crippen MR) is 83.0 cm³/mol. The van der Waals surface area contributed by atoms with Crippen molar-refractivity contribution in [3.63, 3.8) is 0 Å². The van der Waals surface area contributed by atoms with E-state index < -0.39 is 0 Å². The van der Waals surface area contributed by atoms with Crippen LogP contribution in [0.15, 0.2) is 42.5 Å². The molecule has 0 radical (unpaired) electrons. The maximum Gasteiger partial charge on any atom is 0.309 e. The van der Waals surface area contributed by atoms with Crippen LogP contribution in [-0.2, 0) is 22.6 Å². The third-order valence-corrected chi connectivity index (χ3v) is 3.57. The summed E-state index contributed by atoms with van der Waals surface area (Å²) in [5, 5.41) is 0.904. The van der Waals surface area contributed by atoms with E-state index in [0.717, 1.165) is 11.1 Å². The van der Waals surface area contributed by atoms with Gasteiger partial charge in [0, 0.05) is 0 Å². The van der Waals surface area contributed by atoms with Crippen LogP contribution in [0, 0.1) is 0 Å². The van der Waals surface area contributed by atoms with Crippen LogP contribution < -0.4 is 4.74 Å². The van der Waals surface area contributed by atoms with Crippen LogP contribution >= 0.6 is 23.2 Å². The standard InChI is InChI=1S/C16H14Cl2O3/c1-20-15(19)9-11-5-2-3-6-12(11)10-21-16-13(17)7-4-8-14(16)18/h2-8H,9-10H2,1H3. The van der Waals surface area contributed by atoms with Gasteiger partial charge in [0.15, 0.2) is 5.75 Å². The Morgan fingerprint density at radius 2 is 1.62 bits per heavy atom. The van der Waals surface area contributed by atoms with Crippen molar-refractivity contribution in [3.05, 3.63) is 63.6 Å². The molecule has 0 fully saturated rings. The van der Waals surface area contributed by atoms with E-state index in [0.29, 0.717) is 15.8 Å². The Hall–Kier alpha value is -1.71. The van der Waals surface area contributed by atoms with Gasteiger partial charge >= 0.3 is 5.97 Å².